The summed E-state index contributed by atoms with van der Waals surface area (Å²) < 4.78 is 0. The smallest absolute Gasteiger partial charge is 0.237 e. The second kappa shape index (κ2) is 9.84. The highest BCUT2D eigenvalue weighted by Crippen LogP contribution is 2.39. The van der Waals surface area contributed by atoms with Gasteiger partial charge in [-0.25, -0.2) is 9.97 Å². The maximum atomic E-state index is 13.1. The van der Waals surface area contributed by atoms with Crippen molar-refractivity contribution in [1.82, 2.24) is 9.97 Å². The van der Waals surface area contributed by atoms with Gasteiger partial charge in [-0.1, -0.05) is 55.9 Å². The van der Waals surface area contributed by atoms with Crippen LogP contribution in [0, 0.1) is 13.8 Å². The van der Waals surface area contributed by atoms with E-state index in [2.05, 4.69) is 57.9 Å². The van der Waals surface area contributed by atoms with Gasteiger partial charge in [0.25, 0.3) is 0 Å². The number of nitrogens with zero attached hydrogens (tertiary/aromatic N) is 2. The topological polar surface area (TPSA) is 54.9 Å². The van der Waals surface area contributed by atoms with Gasteiger partial charge in [-0.05, 0) is 61.1 Å². The Morgan fingerprint density at radius 2 is 1.78 bits per heavy atom. The third-order valence-corrected chi connectivity index (χ3v) is 7.67. The molecule has 4 nitrogen and oxygen atoms in total. The number of thiophene rings is 1. The zero-order valence-corrected chi connectivity index (χ0v) is 20.4. The molecule has 0 aliphatic heterocycles. The quantitative estimate of drug-likeness (QED) is 0.237. The van der Waals surface area contributed by atoms with Crippen molar-refractivity contribution in [1.29, 1.82) is 0 Å². The maximum absolute atomic E-state index is 13.1. The molecule has 164 valence electrons. The number of nitrogens with one attached hydrogen (secondary N) is 1. The number of thioether (sulfide) groups is 1. The van der Waals surface area contributed by atoms with Crippen LogP contribution in [0.1, 0.15) is 37.0 Å². The van der Waals surface area contributed by atoms with Crippen LogP contribution in [0.15, 0.2) is 59.2 Å². The van der Waals surface area contributed by atoms with E-state index in [0.717, 1.165) is 49.6 Å². The Balaban J connectivity index is 1.63. The number of carbonyl (C=O) groups excluding carboxylic acids is 1. The van der Waals surface area contributed by atoms with E-state index in [9.17, 15) is 4.79 Å². The summed E-state index contributed by atoms with van der Waals surface area (Å²) in [6, 6.07) is 14.8. The van der Waals surface area contributed by atoms with Crippen LogP contribution in [-0.2, 0) is 11.2 Å². The zero-order chi connectivity index (χ0) is 22.7. The van der Waals surface area contributed by atoms with Crippen molar-refractivity contribution in [3.8, 4) is 11.1 Å². The van der Waals surface area contributed by atoms with Crippen LogP contribution in [0.25, 0.3) is 21.3 Å². The number of hydrogen-bond acceptors (Lipinski definition) is 5. The molecule has 0 radical (unpaired) electrons. The van der Waals surface area contributed by atoms with Gasteiger partial charge in [-0.15, -0.1) is 11.3 Å². The summed E-state index contributed by atoms with van der Waals surface area (Å²) in [6.45, 7) is 8.27. The van der Waals surface area contributed by atoms with E-state index in [0.29, 0.717) is 6.42 Å². The standard InChI is InChI=1S/C26H27N3OS2/c1-5-18-7-9-19(10-8-18)21-14-31-25-23(21)26(28-15-27-25)32-22(6-2)24(30)29-20-12-16(3)11-17(4)13-20/h7-15,22H,5-6H2,1-4H3,(H,29,30). The molecule has 0 bridgehead atoms. The lowest BCUT2D eigenvalue weighted by molar-refractivity contribution is -0.115. The van der Waals surface area contributed by atoms with Crippen LogP contribution in [0.3, 0.4) is 0 Å². The first-order valence-corrected chi connectivity index (χ1v) is 12.6. The second-order valence-electron chi connectivity index (χ2n) is 7.94. The number of fused-ring (bicyclic) bond motifs is 1. The molecule has 6 heteroatoms. The molecule has 1 atom stereocenters. The number of rotatable bonds is 7. The van der Waals surface area contributed by atoms with E-state index in [4.69, 9.17) is 0 Å². The Kier molecular flexibility index (Phi) is 6.92. The number of anilines is 1. The number of benzene rings is 2. The van der Waals surface area contributed by atoms with Crippen LogP contribution in [0.5, 0.6) is 0 Å². The summed E-state index contributed by atoms with van der Waals surface area (Å²) in [6.07, 6.45) is 3.32. The van der Waals surface area contributed by atoms with E-state index in [1.807, 2.05) is 32.9 Å². The molecular formula is C26H27N3OS2. The lowest BCUT2D eigenvalue weighted by atomic mass is 10.0. The fourth-order valence-corrected chi connectivity index (χ4v) is 5.81. The lowest BCUT2D eigenvalue weighted by Gasteiger charge is -2.16. The minimum absolute atomic E-state index is 0.00154. The molecule has 0 aliphatic rings. The molecule has 0 spiro atoms. The lowest BCUT2D eigenvalue weighted by Crippen LogP contribution is -2.24. The van der Waals surface area contributed by atoms with Crippen LogP contribution >= 0.6 is 23.1 Å². The van der Waals surface area contributed by atoms with Gasteiger partial charge in [0.15, 0.2) is 0 Å². The Morgan fingerprint density at radius 3 is 2.44 bits per heavy atom. The molecule has 2 heterocycles. The summed E-state index contributed by atoms with van der Waals surface area (Å²) >= 11 is 3.14. The minimum atomic E-state index is -0.246. The van der Waals surface area contributed by atoms with Crippen molar-refractivity contribution in [3.63, 3.8) is 0 Å². The molecule has 0 aliphatic carbocycles. The number of aromatic nitrogens is 2. The molecule has 1 unspecified atom stereocenters. The SMILES string of the molecule is CCc1ccc(-c2csc3ncnc(SC(CC)C(=O)Nc4cc(C)cc(C)c4)c23)cc1. The van der Waals surface area contributed by atoms with Gasteiger partial charge in [-0.2, -0.15) is 0 Å². The first-order valence-electron chi connectivity index (χ1n) is 10.9. The minimum Gasteiger partial charge on any atom is -0.325 e. The van der Waals surface area contributed by atoms with Crippen molar-refractivity contribution in [2.24, 2.45) is 0 Å². The zero-order valence-electron chi connectivity index (χ0n) is 18.8. The second-order valence-corrected chi connectivity index (χ2v) is 9.99. The fraction of sp³-hybridized carbons (Fsp3) is 0.269. The van der Waals surface area contributed by atoms with Gasteiger partial charge in [-0.3, -0.25) is 4.79 Å². The van der Waals surface area contributed by atoms with E-state index in [1.54, 1.807) is 17.7 Å². The molecule has 2 aromatic heterocycles. The van der Waals surface area contributed by atoms with E-state index < -0.39 is 0 Å². The Hall–Kier alpha value is -2.70. The van der Waals surface area contributed by atoms with Crippen molar-refractivity contribution in [3.05, 3.63) is 70.9 Å². The first-order chi connectivity index (χ1) is 15.5. The first kappa shape index (κ1) is 22.5. The number of hydrogen-bond donors (Lipinski definition) is 1. The molecule has 0 saturated carbocycles. The average molecular weight is 462 g/mol. The normalized spacial score (nSPS) is 12.1. The van der Waals surface area contributed by atoms with E-state index >= 15 is 0 Å². The number of carbonyl (C=O) groups is 1. The summed E-state index contributed by atoms with van der Waals surface area (Å²) in [5.74, 6) is -0.00154. The molecular weight excluding hydrogens is 434 g/mol. The highest BCUT2D eigenvalue weighted by molar-refractivity contribution is 8.00. The number of aryl methyl sites for hydroxylation is 3. The van der Waals surface area contributed by atoms with Gasteiger partial charge >= 0.3 is 0 Å². The third-order valence-electron chi connectivity index (χ3n) is 5.41. The highest BCUT2D eigenvalue weighted by Gasteiger charge is 2.22. The predicted octanol–water partition coefficient (Wildman–Crippen LogP) is 7.05. The molecule has 4 rings (SSSR count). The van der Waals surface area contributed by atoms with Gasteiger partial charge < -0.3 is 5.32 Å². The third kappa shape index (κ3) is 4.87. The molecule has 0 fully saturated rings. The van der Waals surface area contributed by atoms with Crippen molar-refractivity contribution < 1.29 is 4.79 Å². The summed E-state index contributed by atoms with van der Waals surface area (Å²) in [5.41, 5.74) is 6.70. The summed E-state index contributed by atoms with van der Waals surface area (Å²) in [7, 11) is 0. The summed E-state index contributed by atoms with van der Waals surface area (Å²) in [5, 5.41) is 6.88. The van der Waals surface area contributed by atoms with E-state index in [-0.39, 0.29) is 11.2 Å². The molecule has 32 heavy (non-hydrogen) atoms. The van der Waals surface area contributed by atoms with Crippen LogP contribution in [0.2, 0.25) is 0 Å². The van der Waals surface area contributed by atoms with Gasteiger partial charge in [0.2, 0.25) is 5.91 Å². The largest absolute Gasteiger partial charge is 0.325 e. The van der Waals surface area contributed by atoms with Gasteiger partial charge in [0, 0.05) is 16.6 Å². The monoisotopic (exact) mass is 461 g/mol. The average Bonchev–Trinajstić information content (AvgIpc) is 3.21. The van der Waals surface area contributed by atoms with Crippen LogP contribution < -0.4 is 5.32 Å². The molecule has 2 aromatic carbocycles. The molecule has 1 N–H and O–H groups in total. The Morgan fingerprint density at radius 1 is 1.06 bits per heavy atom. The summed E-state index contributed by atoms with van der Waals surface area (Å²) in [4.78, 5) is 23.1. The molecule has 1 amide bonds. The van der Waals surface area contributed by atoms with E-state index in [1.165, 1.54) is 17.3 Å². The highest BCUT2D eigenvalue weighted by atomic mass is 32.2. The molecule has 0 saturated heterocycles. The van der Waals surface area contributed by atoms with Crippen LogP contribution in [-0.4, -0.2) is 21.1 Å². The van der Waals surface area contributed by atoms with Crippen molar-refractivity contribution in [2.75, 3.05) is 5.32 Å². The van der Waals surface area contributed by atoms with Gasteiger partial charge in [0.05, 0.1) is 10.6 Å². The van der Waals surface area contributed by atoms with Crippen molar-refractivity contribution >= 4 is 44.9 Å². The Bertz CT molecular complexity index is 1230. The van der Waals surface area contributed by atoms with Crippen LogP contribution in [0.4, 0.5) is 5.69 Å². The maximum Gasteiger partial charge on any atom is 0.237 e. The van der Waals surface area contributed by atoms with Crippen molar-refractivity contribution in [2.45, 2.75) is 50.8 Å². The van der Waals surface area contributed by atoms with Gasteiger partial charge in [0.1, 0.15) is 16.2 Å². The predicted molar refractivity (Wildman–Crippen MR) is 137 cm³/mol. The fourth-order valence-electron chi connectivity index (χ4n) is 3.80. The molecule has 4 aromatic rings. The Labute approximate surface area is 197 Å². The number of amides is 1.